The lowest BCUT2D eigenvalue weighted by Gasteiger charge is -2.39. The van der Waals surface area contributed by atoms with E-state index in [0.717, 1.165) is 35.3 Å². The number of rotatable bonds is 8. The number of aromatic nitrogens is 1. The zero-order valence-electron chi connectivity index (χ0n) is 21.2. The maximum atomic E-state index is 12.7. The summed E-state index contributed by atoms with van der Waals surface area (Å²) in [5.74, 6) is 0.249. The Morgan fingerprint density at radius 3 is 2.31 bits per heavy atom. The number of phenolic OH excluding ortho intramolecular Hbond substituents is 1. The predicted octanol–water partition coefficient (Wildman–Crippen LogP) is 6.12. The summed E-state index contributed by atoms with van der Waals surface area (Å²) in [6.07, 6.45) is 9.97. The zero-order valence-corrected chi connectivity index (χ0v) is 22.9. The second kappa shape index (κ2) is 12.8. The van der Waals surface area contributed by atoms with Crippen LogP contribution in [0, 0.1) is 0 Å². The lowest BCUT2D eigenvalue weighted by atomic mass is 9.90. The van der Waals surface area contributed by atoms with Crippen LogP contribution >= 0.6 is 18.9 Å². The molecule has 9 heteroatoms. The molecule has 2 fully saturated rings. The first-order chi connectivity index (χ1) is 17.0. The smallest absolute Gasteiger partial charge is 0.344 e. The van der Waals surface area contributed by atoms with E-state index in [4.69, 9.17) is 14.0 Å². The van der Waals surface area contributed by atoms with Crippen LogP contribution in [0.1, 0.15) is 62.9 Å². The number of hydrogen-bond acceptors (Lipinski definition) is 8. The van der Waals surface area contributed by atoms with Crippen LogP contribution in [0.2, 0.25) is 0 Å². The first-order valence-electron chi connectivity index (χ1n) is 13.1. The number of nitrogens with zero attached hydrogens (tertiary/aromatic N) is 3. The van der Waals surface area contributed by atoms with Gasteiger partial charge in [0.15, 0.2) is 0 Å². The van der Waals surface area contributed by atoms with Crippen LogP contribution in [0.25, 0.3) is 10.6 Å². The lowest BCUT2D eigenvalue weighted by Crippen LogP contribution is -2.42. The van der Waals surface area contributed by atoms with Crippen molar-refractivity contribution < 1.29 is 18.7 Å². The largest absolute Gasteiger partial charge is 0.508 e. The summed E-state index contributed by atoms with van der Waals surface area (Å²) in [5, 5.41) is 10.4. The molecule has 35 heavy (non-hydrogen) atoms. The van der Waals surface area contributed by atoms with Crippen LogP contribution < -0.4 is 0 Å². The Balaban J connectivity index is 0.000000239. The molecule has 0 radical (unpaired) electrons. The SMILES string of the molecule is C1CCN(C2CCC2)CC1.CCOP(=O)(CN1CCc2nc(-c3ccc(O)cc3)sc2C1)OCC. The van der Waals surface area contributed by atoms with Crippen LogP contribution in [0.3, 0.4) is 0 Å². The highest BCUT2D eigenvalue weighted by atomic mass is 32.1. The van der Waals surface area contributed by atoms with Crippen molar-refractivity contribution in [2.75, 3.05) is 39.1 Å². The van der Waals surface area contributed by atoms with Crippen molar-refractivity contribution in [3.05, 3.63) is 34.8 Å². The van der Waals surface area contributed by atoms with Crippen molar-refractivity contribution >= 4 is 18.9 Å². The second-order valence-electron chi connectivity index (χ2n) is 9.51. The van der Waals surface area contributed by atoms with E-state index in [9.17, 15) is 9.67 Å². The molecule has 0 bridgehead atoms. The van der Waals surface area contributed by atoms with Crippen LogP contribution in [-0.4, -0.2) is 65.1 Å². The fourth-order valence-corrected chi connectivity index (χ4v) is 7.80. The third kappa shape index (κ3) is 7.37. The Labute approximate surface area is 214 Å². The molecule has 194 valence electrons. The molecule has 5 rings (SSSR count). The van der Waals surface area contributed by atoms with Crippen LogP contribution in [0.4, 0.5) is 0 Å². The van der Waals surface area contributed by atoms with Gasteiger partial charge >= 0.3 is 7.60 Å². The van der Waals surface area contributed by atoms with Crippen molar-refractivity contribution in [2.45, 2.75) is 71.4 Å². The fraction of sp³-hybridized carbons (Fsp3) is 0.654. The molecule has 1 aromatic carbocycles. The van der Waals surface area contributed by atoms with Crippen molar-refractivity contribution in [3.8, 4) is 16.3 Å². The van der Waals surface area contributed by atoms with Crippen molar-refractivity contribution in [2.24, 2.45) is 0 Å². The monoisotopic (exact) mass is 521 g/mol. The van der Waals surface area contributed by atoms with Crippen LogP contribution in [-0.2, 0) is 26.6 Å². The molecule has 1 saturated heterocycles. The Kier molecular flexibility index (Phi) is 9.79. The molecule has 1 aliphatic carbocycles. The number of hydrogen-bond donors (Lipinski definition) is 1. The molecule has 0 unspecified atom stereocenters. The molecule has 1 saturated carbocycles. The molecule has 1 N–H and O–H groups in total. The van der Waals surface area contributed by atoms with Gasteiger partial charge < -0.3 is 19.1 Å². The minimum Gasteiger partial charge on any atom is -0.508 e. The maximum Gasteiger partial charge on any atom is 0.344 e. The van der Waals surface area contributed by atoms with Gasteiger partial charge in [0.05, 0.1) is 18.9 Å². The van der Waals surface area contributed by atoms with E-state index in [1.165, 1.54) is 56.5 Å². The molecule has 0 atom stereocenters. The van der Waals surface area contributed by atoms with Gasteiger partial charge in [-0.05, 0) is 76.9 Å². The molecule has 0 amide bonds. The minimum atomic E-state index is -3.07. The Hall–Kier alpha value is -1.28. The average molecular weight is 522 g/mol. The molecule has 3 aliphatic rings. The van der Waals surface area contributed by atoms with Gasteiger partial charge in [0.25, 0.3) is 0 Å². The van der Waals surface area contributed by atoms with Crippen molar-refractivity contribution in [1.82, 2.24) is 14.8 Å². The predicted molar refractivity (Wildman–Crippen MR) is 142 cm³/mol. The van der Waals surface area contributed by atoms with Gasteiger partial charge in [-0.1, -0.05) is 12.8 Å². The number of likely N-dealkylation sites (tertiary alicyclic amines) is 1. The number of phenols is 1. The minimum absolute atomic E-state index is 0.249. The van der Waals surface area contributed by atoms with E-state index < -0.39 is 7.60 Å². The summed E-state index contributed by atoms with van der Waals surface area (Å²) < 4.78 is 23.5. The van der Waals surface area contributed by atoms with Crippen molar-refractivity contribution in [1.29, 1.82) is 0 Å². The summed E-state index contributed by atoms with van der Waals surface area (Å²) in [5.41, 5.74) is 2.10. The fourth-order valence-electron chi connectivity index (χ4n) is 4.89. The first kappa shape index (κ1) is 26.8. The summed E-state index contributed by atoms with van der Waals surface area (Å²) >= 11 is 1.65. The summed E-state index contributed by atoms with van der Waals surface area (Å²) in [4.78, 5) is 10.7. The number of benzene rings is 1. The normalized spacial score (nSPS) is 19.5. The maximum absolute atomic E-state index is 12.7. The molecular formula is C26H40N3O4PS. The average Bonchev–Trinajstić information content (AvgIpc) is 3.23. The quantitative estimate of drug-likeness (QED) is 0.419. The van der Waals surface area contributed by atoms with Gasteiger partial charge in [-0.2, -0.15) is 0 Å². The van der Waals surface area contributed by atoms with Crippen LogP contribution in [0.5, 0.6) is 5.75 Å². The van der Waals surface area contributed by atoms with Gasteiger partial charge in [-0.25, -0.2) is 4.98 Å². The van der Waals surface area contributed by atoms with Crippen LogP contribution in [0.15, 0.2) is 24.3 Å². The summed E-state index contributed by atoms with van der Waals surface area (Å²) in [6.45, 7) is 8.69. The Morgan fingerprint density at radius 2 is 1.71 bits per heavy atom. The topological polar surface area (TPSA) is 75.1 Å². The number of piperidine rings is 1. The Bertz CT molecular complexity index is 963. The zero-order chi connectivity index (χ0) is 24.7. The van der Waals surface area contributed by atoms with Gasteiger partial charge in [0, 0.05) is 36.0 Å². The van der Waals surface area contributed by atoms with Gasteiger partial charge in [-0.15, -0.1) is 11.3 Å². The van der Waals surface area contributed by atoms with E-state index >= 15 is 0 Å². The molecule has 3 heterocycles. The highest BCUT2D eigenvalue weighted by Crippen LogP contribution is 2.49. The van der Waals surface area contributed by atoms with Gasteiger partial charge in [0.2, 0.25) is 0 Å². The van der Waals surface area contributed by atoms with E-state index in [1.807, 2.05) is 26.0 Å². The van der Waals surface area contributed by atoms with E-state index in [-0.39, 0.29) is 5.75 Å². The highest BCUT2D eigenvalue weighted by molar-refractivity contribution is 7.53. The molecule has 0 spiro atoms. The summed E-state index contributed by atoms with van der Waals surface area (Å²) in [6, 6.07) is 8.08. The molecule has 1 aromatic heterocycles. The molecular weight excluding hydrogens is 481 g/mol. The second-order valence-corrected chi connectivity index (χ2v) is 12.6. The van der Waals surface area contributed by atoms with Gasteiger partial charge in [0.1, 0.15) is 17.0 Å². The molecule has 2 aromatic rings. The number of aromatic hydroxyl groups is 1. The third-order valence-corrected chi connectivity index (χ3v) is 10.1. The highest BCUT2D eigenvalue weighted by Gasteiger charge is 2.30. The standard InChI is InChI=1S/C17H23N2O4PS.C9H17N/c1-3-22-24(21,23-4-2)12-19-10-9-15-16(11-19)25-17(18-15)13-5-7-14(20)8-6-13;1-2-7-10(8-3-1)9-5-4-6-9/h5-8,20H,3-4,9-12H2,1-2H3;9H,1-8H2. The van der Waals surface area contributed by atoms with E-state index in [2.05, 4.69) is 9.80 Å². The van der Waals surface area contributed by atoms with E-state index in [0.29, 0.717) is 26.0 Å². The number of thiazole rings is 1. The lowest BCUT2D eigenvalue weighted by molar-refractivity contribution is 0.105. The first-order valence-corrected chi connectivity index (χ1v) is 15.7. The third-order valence-electron chi connectivity index (χ3n) is 6.93. The van der Waals surface area contributed by atoms with Crippen molar-refractivity contribution in [3.63, 3.8) is 0 Å². The summed E-state index contributed by atoms with van der Waals surface area (Å²) in [7, 11) is -3.07. The molecule has 2 aliphatic heterocycles. The number of fused-ring (bicyclic) bond motifs is 1. The molecule has 7 nitrogen and oxygen atoms in total. The van der Waals surface area contributed by atoms with E-state index in [1.54, 1.807) is 23.5 Å². The van der Waals surface area contributed by atoms with Gasteiger partial charge in [-0.3, -0.25) is 9.46 Å². The Morgan fingerprint density at radius 1 is 1.03 bits per heavy atom.